The van der Waals surface area contributed by atoms with Gasteiger partial charge in [-0.2, -0.15) is 5.10 Å². The summed E-state index contributed by atoms with van der Waals surface area (Å²) in [5, 5.41) is 10.8. The molecule has 0 bridgehead atoms. The van der Waals surface area contributed by atoms with Gasteiger partial charge in [-0.25, -0.2) is 0 Å². The van der Waals surface area contributed by atoms with E-state index in [1.165, 1.54) is 0 Å². The average Bonchev–Trinajstić information content (AvgIpc) is 2.81. The van der Waals surface area contributed by atoms with Gasteiger partial charge in [0.15, 0.2) is 5.69 Å². The van der Waals surface area contributed by atoms with E-state index in [9.17, 15) is 4.79 Å². The van der Waals surface area contributed by atoms with E-state index < -0.39 is 0 Å². The Morgan fingerprint density at radius 1 is 1.25 bits per heavy atom. The van der Waals surface area contributed by atoms with Crippen LogP contribution in [0, 0.1) is 0 Å². The van der Waals surface area contributed by atoms with Crippen LogP contribution < -0.4 is 11.1 Å². The molecule has 1 aromatic heterocycles. The molecule has 3 rings (SSSR count). The van der Waals surface area contributed by atoms with Crippen molar-refractivity contribution in [2.24, 2.45) is 0 Å². The fraction of sp³-hybridized carbons (Fsp3) is 0. The first-order chi connectivity index (χ1) is 9.63. The summed E-state index contributed by atoms with van der Waals surface area (Å²) < 4.78 is 0. The highest BCUT2D eigenvalue weighted by Crippen LogP contribution is 2.21. The number of H-pyrrole nitrogens is 1. The zero-order valence-corrected chi connectivity index (χ0v) is 11.1. The zero-order valence-electron chi connectivity index (χ0n) is 10.4. The number of aromatic amines is 1. The van der Waals surface area contributed by atoms with Crippen molar-refractivity contribution in [3.8, 4) is 0 Å². The van der Waals surface area contributed by atoms with Crippen molar-refractivity contribution in [1.82, 2.24) is 10.2 Å². The second kappa shape index (κ2) is 4.86. The van der Waals surface area contributed by atoms with Crippen LogP contribution in [0.5, 0.6) is 0 Å². The molecule has 1 amide bonds. The summed E-state index contributed by atoms with van der Waals surface area (Å²) in [6.45, 7) is 0. The van der Waals surface area contributed by atoms with Gasteiger partial charge in [0.25, 0.3) is 5.91 Å². The first-order valence-electron chi connectivity index (χ1n) is 5.94. The van der Waals surface area contributed by atoms with E-state index >= 15 is 0 Å². The molecule has 0 unspecified atom stereocenters. The highest BCUT2D eigenvalue weighted by molar-refractivity contribution is 6.31. The lowest BCUT2D eigenvalue weighted by Crippen LogP contribution is -2.12. The van der Waals surface area contributed by atoms with E-state index in [1.54, 1.807) is 42.5 Å². The molecule has 4 N–H and O–H groups in total. The van der Waals surface area contributed by atoms with Gasteiger partial charge < -0.3 is 11.1 Å². The summed E-state index contributed by atoms with van der Waals surface area (Å²) in [5.41, 5.74) is 7.98. The van der Waals surface area contributed by atoms with Gasteiger partial charge in [-0.15, -0.1) is 0 Å². The molecule has 3 aromatic rings. The predicted octanol–water partition coefficient (Wildman–Crippen LogP) is 3.05. The van der Waals surface area contributed by atoms with Gasteiger partial charge in [0, 0.05) is 21.8 Å². The van der Waals surface area contributed by atoms with Crippen molar-refractivity contribution < 1.29 is 4.79 Å². The number of fused-ring (bicyclic) bond motifs is 1. The van der Waals surface area contributed by atoms with Gasteiger partial charge in [-0.1, -0.05) is 17.7 Å². The van der Waals surface area contributed by atoms with Gasteiger partial charge in [0.2, 0.25) is 0 Å². The van der Waals surface area contributed by atoms with Crippen LogP contribution in [0.3, 0.4) is 0 Å². The number of nitrogens with one attached hydrogen (secondary N) is 2. The van der Waals surface area contributed by atoms with E-state index in [2.05, 4.69) is 15.5 Å². The summed E-state index contributed by atoms with van der Waals surface area (Å²) in [7, 11) is 0. The topological polar surface area (TPSA) is 83.8 Å². The lowest BCUT2D eigenvalue weighted by molar-refractivity contribution is 0.102. The highest BCUT2D eigenvalue weighted by atomic mass is 35.5. The van der Waals surface area contributed by atoms with E-state index in [0.29, 0.717) is 27.5 Å². The molecular weight excluding hydrogens is 276 g/mol. The molecule has 2 aromatic carbocycles. The lowest BCUT2D eigenvalue weighted by atomic mass is 10.2. The summed E-state index contributed by atoms with van der Waals surface area (Å²) in [6.07, 6.45) is 0. The van der Waals surface area contributed by atoms with E-state index in [1.807, 2.05) is 0 Å². The van der Waals surface area contributed by atoms with Crippen LogP contribution in [-0.4, -0.2) is 16.1 Å². The summed E-state index contributed by atoms with van der Waals surface area (Å²) in [6, 6.07) is 12.2. The fourth-order valence-electron chi connectivity index (χ4n) is 1.96. The minimum atomic E-state index is -0.316. The number of hydrogen-bond donors (Lipinski definition) is 3. The second-order valence-corrected chi connectivity index (χ2v) is 4.78. The van der Waals surface area contributed by atoms with Gasteiger partial charge in [-0.3, -0.25) is 9.89 Å². The number of carbonyl (C=O) groups is 1. The number of halogens is 1. The van der Waals surface area contributed by atoms with Gasteiger partial charge in [0.05, 0.1) is 5.52 Å². The fourth-order valence-corrected chi connectivity index (χ4v) is 2.15. The third-order valence-corrected chi connectivity index (χ3v) is 3.12. The van der Waals surface area contributed by atoms with Crippen LogP contribution in [0.1, 0.15) is 10.5 Å². The van der Waals surface area contributed by atoms with Crippen molar-refractivity contribution in [2.45, 2.75) is 0 Å². The Bertz CT molecular complexity index is 797. The molecule has 0 fully saturated rings. The minimum absolute atomic E-state index is 0.298. The maximum atomic E-state index is 12.2. The number of carbonyl (C=O) groups excluding carboxylic acids is 1. The predicted molar refractivity (Wildman–Crippen MR) is 79.9 cm³/mol. The third-order valence-electron chi connectivity index (χ3n) is 2.88. The van der Waals surface area contributed by atoms with Crippen molar-refractivity contribution in [2.75, 3.05) is 11.1 Å². The van der Waals surface area contributed by atoms with Crippen LogP contribution in [-0.2, 0) is 0 Å². The number of nitrogen functional groups attached to an aromatic ring is 1. The third kappa shape index (κ3) is 2.31. The van der Waals surface area contributed by atoms with Crippen LogP contribution in [0.15, 0.2) is 42.5 Å². The summed E-state index contributed by atoms with van der Waals surface area (Å²) in [5.74, 6) is -0.316. The van der Waals surface area contributed by atoms with E-state index in [0.717, 1.165) is 5.52 Å². The molecule has 6 heteroatoms. The van der Waals surface area contributed by atoms with Gasteiger partial charge in [-0.05, 0) is 36.4 Å². The monoisotopic (exact) mass is 286 g/mol. The van der Waals surface area contributed by atoms with Crippen molar-refractivity contribution >= 4 is 39.8 Å². The second-order valence-electron chi connectivity index (χ2n) is 4.34. The Hall–Kier alpha value is -2.53. The first-order valence-corrected chi connectivity index (χ1v) is 6.32. The zero-order chi connectivity index (χ0) is 14.1. The smallest absolute Gasteiger partial charge is 0.276 e. The molecule has 0 saturated carbocycles. The number of nitrogens with zero attached hydrogens (tertiary/aromatic N) is 1. The van der Waals surface area contributed by atoms with E-state index in [-0.39, 0.29) is 5.91 Å². The molecule has 0 aliphatic heterocycles. The Morgan fingerprint density at radius 3 is 2.90 bits per heavy atom. The molecule has 100 valence electrons. The molecule has 0 spiro atoms. The molecular formula is C14H11ClN4O. The summed E-state index contributed by atoms with van der Waals surface area (Å²) >= 11 is 5.88. The Morgan fingerprint density at radius 2 is 2.10 bits per heavy atom. The number of hydrogen-bond acceptors (Lipinski definition) is 3. The molecule has 1 heterocycles. The van der Waals surface area contributed by atoms with Gasteiger partial charge >= 0.3 is 0 Å². The van der Waals surface area contributed by atoms with Crippen LogP contribution in [0.4, 0.5) is 11.4 Å². The molecule has 0 saturated heterocycles. The normalized spacial score (nSPS) is 10.7. The number of benzene rings is 2. The molecule has 20 heavy (non-hydrogen) atoms. The van der Waals surface area contributed by atoms with Crippen LogP contribution >= 0.6 is 11.6 Å². The maximum absolute atomic E-state index is 12.2. The number of amides is 1. The number of aromatic nitrogens is 2. The minimum Gasteiger partial charge on any atom is -0.399 e. The SMILES string of the molecule is Nc1ccc2[nH]nc(C(=O)Nc3cccc(Cl)c3)c2c1. The Labute approximate surface area is 119 Å². The number of nitrogens with two attached hydrogens (primary N) is 1. The largest absolute Gasteiger partial charge is 0.399 e. The van der Waals surface area contributed by atoms with Crippen molar-refractivity contribution in [3.05, 3.63) is 53.2 Å². The molecule has 0 aliphatic carbocycles. The van der Waals surface area contributed by atoms with Gasteiger partial charge in [0.1, 0.15) is 0 Å². The average molecular weight is 287 g/mol. The maximum Gasteiger partial charge on any atom is 0.276 e. The molecule has 0 aliphatic rings. The lowest BCUT2D eigenvalue weighted by Gasteiger charge is -2.03. The molecule has 5 nitrogen and oxygen atoms in total. The van der Waals surface area contributed by atoms with E-state index in [4.69, 9.17) is 17.3 Å². The quantitative estimate of drug-likeness (QED) is 0.633. The van der Waals surface area contributed by atoms with Crippen LogP contribution in [0.2, 0.25) is 5.02 Å². The summed E-state index contributed by atoms with van der Waals surface area (Å²) in [4.78, 5) is 12.2. The van der Waals surface area contributed by atoms with Crippen LogP contribution in [0.25, 0.3) is 10.9 Å². The van der Waals surface area contributed by atoms with Crippen molar-refractivity contribution in [3.63, 3.8) is 0 Å². The van der Waals surface area contributed by atoms with Crippen molar-refractivity contribution in [1.29, 1.82) is 0 Å². The first kappa shape index (κ1) is 12.5. The Kier molecular flexibility index (Phi) is 3.04. The standard InChI is InChI=1S/C14H11ClN4O/c15-8-2-1-3-10(6-8)17-14(20)13-11-7-9(16)4-5-12(11)18-19-13/h1-7H,16H2,(H,17,20)(H,18,19). The molecule has 0 radical (unpaired) electrons. The number of anilines is 2. The molecule has 0 atom stereocenters. The Balaban J connectivity index is 1.94. The highest BCUT2D eigenvalue weighted by Gasteiger charge is 2.14. The number of rotatable bonds is 2.